The van der Waals surface area contributed by atoms with Crippen molar-refractivity contribution in [2.75, 3.05) is 18.3 Å². The highest BCUT2D eigenvalue weighted by atomic mass is 35.5. The van der Waals surface area contributed by atoms with Gasteiger partial charge in [-0.2, -0.15) is 0 Å². The van der Waals surface area contributed by atoms with E-state index in [0.29, 0.717) is 17.7 Å². The van der Waals surface area contributed by atoms with Gasteiger partial charge in [-0.05, 0) is 12.3 Å². The minimum absolute atomic E-state index is 0.223. The molecule has 0 saturated heterocycles. The first-order chi connectivity index (χ1) is 7.65. The summed E-state index contributed by atoms with van der Waals surface area (Å²) >= 11 is 5.90. The van der Waals surface area contributed by atoms with Gasteiger partial charge in [-0.3, -0.25) is 0 Å². The summed E-state index contributed by atoms with van der Waals surface area (Å²) in [6, 6.07) is 1.99. The van der Waals surface area contributed by atoms with E-state index in [0.717, 1.165) is 12.2 Å². The molecule has 1 unspecified atom stereocenters. The number of methoxy groups -OCH3 is 1. The van der Waals surface area contributed by atoms with Gasteiger partial charge in [0.2, 0.25) is 5.88 Å². The lowest BCUT2D eigenvalue weighted by Crippen LogP contribution is -2.23. The molecule has 4 nitrogen and oxygen atoms in total. The van der Waals surface area contributed by atoms with Crippen LogP contribution in [0.25, 0.3) is 0 Å². The van der Waals surface area contributed by atoms with Gasteiger partial charge in [0.25, 0.3) is 0 Å². The standard InChI is InChI=1S/C11H18ClN3O/c1-8(2)4-9(6-12)15-10-5-11(16-3)14-7-13-10/h5,7-9H,4,6H2,1-3H3,(H,13,14,15). The van der Waals surface area contributed by atoms with Crippen molar-refractivity contribution in [1.29, 1.82) is 0 Å². The first kappa shape index (κ1) is 13.0. The fourth-order valence-electron chi connectivity index (χ4n) is 1.47. The molecule has 1 heterocycles. The number of aromatic nitrogens is 2. The monoisotopic (exact) mass is 243 g/mol. The quantitative estimate of drug-likeness (QED) is 0.780. The van der Waals surface area contributed by atoms with Gasteiger partial charge in [0.15, 0.2) is 0 Å². The Labute approximate surface area is 101 Å². The van der Waals surface area contributed by atoms with E-state index in [4.69, 9.17) is 16.3 Å². The van der Waals surface area contributed by atoms with Crippen LogP contribution in [0.15, 0.2) is 12.4 Å². The number of alkyl halides is 1. The first-order valence-electron chi connectivity index (χ1n) is 5.34. The molecule has 0 aromatic carbocycles. The smallest absolute Gasteiger partial charge is 0.218 e. The minimum atomic E-state index is 0.223. The lowest BCUT2D eigenvalue weighted by Gasteiger charge is -2.18. The summed E-state index contributed by atoms with van der Waals surface area (Å²) in [5.41, 5.74) is 0. The highest BCUT2D eigenvalue weighted by molar-refractivity contribution is 6.18. The van der Waals surface area contributed by atoms with Crippen LogP contribution in [0.4, 0.5) is 5.82 Å². The van der Waals surface area contributed by atoms with Crippen molar-refractivity contribution in [2.45, 2.75) is 26.3 Å². The third kappa shape index (κ3) is 4.23. The van der Waals surface area contributed by atoms with Crippen LogP contribution < -0.4 is 10.1 Å². The van der Waals surface area contributed by atoms with Gasteiger partial charge in [0.1, 0.15) is 12.1 Å². The minimum Gasteiger partial charge on any atom is -0.481 e. The summed E-state index contributed by atoms with van der Waals surface area (Å²) in [5.74, 6) is 2.46. The second-order valence-corrected chi connectivity index (χ2v) is 4.38. The van der Waals surface area contributed by atoms with Crippen LogP contribution in [-0.2, 0) is 0 Å². The lowest BCUT2D eigenvalue weighted by atomic mass is 10.1. The van der Waals surface area contributed by atoms with E-state index in [1.807, 2.05) is 0 Å². The molecule has 16 heavy (non-hydrogen) atoms. The maximum Gasteiger partial charge on any atom is 0.218 e. The SMILES string of the molecule is COc1cc(NC(CCl)CC(C)C)ncn1. The Bertz CT molecular complexity index is 320. The predicted molar refractivity (Wildman–Crippen MR) is 66.2 cm³/mol. The molecule has 0 spiro atoms. The third-order valence-electron chi connectivity index (χ3n) is 2.15. The van der Waals surface area contributed by atoms with E-state index in [1.165, 1.54) is 6.33 Å². The van der Waals surface area contributed by atoms with Gasteiger partial charge in [-0.25, -0.2) is 9.97 Å². The summed E-state index contributed by atoms with van der Waals surface area (Å²) in [5, 5.41) is 3.27. The summed E-state index contributed by atoms with van der Waals surface area (Å²) in [6.07, 6.45) is 2.48. The topological polar surface area (TPSA) is 47.0 Å². The number of anilines is 1. The molecule has 0 aliphatic carbocycles. The molecule has 1 atom stereocenters. The van der Waals surface area contributed by atoms with Crippen LogP contribution in [0.1, 0.15) is 20.3 Å². The molecule has 1 N–H and O–H groups in total. The van der Waals surface area contributed by atoms with Crippen molar-refractivity contribution in [1.82, 2.24) is 9.97 Å². The Hall–Kier alpha value is -1.03. The average molecular weight is 244 g/mol. The zero-order valence-electron chi connectivity index (χ0n) is 9.90. The van der Waals surface area contributed by atoms with Crippen LogP contribution in [-0.4, -0.2) is 29.0 Å². The number of nitrogens with zero attached hydrogens (tertiary/aromatic N) is 2. The van der Waals surface area contributed by atoms with Crippen LogP contribution in [0, 0.1) is 5.92 Å². The van der Waals surface area contributed by atoms with Gasteiger partial charge in [0, 0.05) is 18.0 Å². The third-order valence-corrected chi connectivity index (χ3v) is 2.52. The summed E-state index contributed by atoms with van der Waals surface area (Å²) in [4.78, 5) is 8.07. The molecular weight excluding hydrogens is 226 g/mol. The van der Waals surface area contributed by atoms with Crippen molar-refractivity contribution in [3.63, 3.8) is 0 Å². The second kappa shape index (κ2) is 6.53. The largest absolute Gasteiger partial charge is 0.481 e. The van der Waals surface area contributed by atoms with E-state index in [1.54, 1.807) is 13.2 Å². The number of halogens is 1. The van der Waals surface area contributed by atoms with Crippen molar-refractivity contribution < 1.29 is 4.74 Å². The van der Waals surface area contributed by atoms with Crippen molar-refractivity contribution in [2.24, 2.45) is 5.92 Å². The molecule has 0 aliphatic rings. The fourth-order valence-corrected chi connectivity index (χ4v) is 1.67. The number of ether oxygens (including phenoxy) is 1. The van der Waals surface area contributed by atoms with Gasteiger partial charge in [-0.15, -0.1) is 11.6 Å². The van der Waals surface area contributed by atoms with Gasteiger partial charge < -0.3 is 10.1 Å². The molecule has 0 saturated carbocycles. The number of rotatable bonds is 6. The molecule has 0 aliphatic heterocycles. The van der Waals surface area contributed by atoms with Crippen molar-refractivity contribution in [3.05, 3.63) is 12.4 Å². The predicted octanol–water partition coefficient (Wildman–Crippen LogP) is 2.55. The maximum absolute atomic E-state index is 5.90. The molecule has 0 bridgehead atoms. The van der Waals surface area contributed by atoms with E-state index >= 15 is 0 Å². The Balaban J connectivity index is 2.62. The van der Waals surface area contributed by atoms with Crippen LogP contribution in [0.3, 0.4) is 0 Å². The highest BCUT2D eigenvalue weighted by Gasteiger charge is 2.10. The van der Waals surface area contributed by atoms with Crippen LogP contribution in [0.2, 0.25) is 0 Å². The van der Waals surface area contributed by atoms with Crippen molar-refractivity contribution in [3.8, 4) is 5.88 Å². The first-order valence-corrected chi connectivity index (χ1v) is 5.87. The zero-order valence-corrected chi connectivity index (χ0v) is 10.7. The molecule has 1 aromatic rings. The van der Waals surface area contributed by atoms with Gasteiger partial charge >= 0.3 is 0 Å². The van der Waals surface area contributed by atoms with E-state index in [9.17, 15) is 0 Å². The van der Waals surface area contributed by atoms with Gasteiger partial charge in [0.05, 0.1) is 7.11 Å². The lowest BCUT2D eigenvalue weighted by molar-refractivity contribution is 0.397. The summed E-state index contributed by atoms with van der Waals surface area (Å²) < 4.78 is 5.03. The normalized spacial score (nSPS) is 12.6. The Morgan fingerprint density at radius 1 is 1.44 bits per heavy atom. The Morgan fingerprint density at radius 3 is 2.75 bits per heavy atom. The molecule has 0 amide bonds. The molecule has 1 aromatic heterocycles. The van der Waals surface area contributed by atoms with Crippen LogP contribution in [0.5, 0.6) is 5.88 Å². The highest BCUT2D eigenvalue weighted by Crippen LogP contribution is 2.15. The van der Waals surface area contributed by atoms with E-state index in [2.05, 4.69) is 29.1 Å². The Kier molecular flexibility index (Phi) is 5.32. The average Bonchev–Trinajstić information content (AvgIpc) is 2.28. The molecule has 5 heteroatoms. The molecule has 0 fully saturated rings. The van der Waals surface area contributed by atoms with Gasteiger partial charge in [-0.1, -0.05) is 13.8 Å². The molecule has 1 rings (SSSR count). The molecular formula is C11H18ClN3O. The molecule has 90 valence electrons. The second-order valence-electron chi connectivity index (χ2n) is 4.07. The van der Waals surface area contributed by atoms with E-state index in [-0.39, 0.29) is 6.04 Å². The zero-order chi connectivity index (χ0) is 12.0. The fraction of sp³-hybridized carbons (Fsp3) is 0.636. The Morgan fingerprint density at radius 2 is 2.19 bits per heavy atom. The van der Waals surface area contributed by atoms with Crippen LogP contribution >= 0.6 is 11.6 Å². The summed E-state index contributed by atoms with van der Waals surface area (Å²) in [7, 11) is 1.58. The number of nitrogens with one attached hydrogen (secondary N) is 1. The van der Waals surface area contributed by atoms with Crippen molar-refractivity contribution >= 4 is 17.4 Å². The molecule has 0 radical (unpaired) electrons. The number of hydrogen-bond acceptors (Lipinski definition) is 4. The maximum atomic E-state index is 5.90. The number of hydrogen-bond donors (Lipinski definition) is 1. The van der Waals surface area contributed by atoms with E-state index < -0.39 is 0 Å². The summed E-state index contributed by atoms with van der Waals surface area (Å²) in [6.45, 7) is 4.34.